The van der Waals surface area contributed by atoms with E-state index in [2.05, 4.69) is 9.97 Å². The molecule has 0 spiro atoms. The molecule has 0 unspecified atom stereocenters. The van der Waals surface area contributed by atoms with Gasteiger partial charge in [0.15, 0.2) is 6.61 Å². The molecule has 1 amide bonds. The van der Waals surface area contributed by atoms with Gasteiger partial charge in [0.05, 0.1) is 30.3 Å². The van der Waals surface area contributed by atoms with Gasteiger partial charge < -0.3 is 10.5 Å². The second-order valence-corrected chi connectivity index (χ2v) is 4.75. The Balaban J connectivity index is 1.94. The fourth-order valence-electron chi connectivity index (χ4n) is 1.96. The summed E-state index contributed by atoms with van der Waals surface area (Å²) in [5.74, 6) is 0.807. The maximum Gasteiger partial charge on any atom is 0.265 e. The summed E-state index contributed by atoms with van der Waals surface area (Å²) in [7, 11) is 0. The van der Waals surface area contributed by atoms with E-state index in [1.54, 1.807) is 29.3 Å². The molecule has 2 aromatic rings. The zero-order valence-electron chi connectivity index (χ0n) is 10.4. The first-order chi connectivity index (χ1) is 9.63. The number of amides is 1. The van der Waals surface area contributed by atoms with Gasteiger partial charge in [-0.1, -0.05) is 11.6 Å². The number of nitrogens with two attached hydrogens (primary N) is 1. The number of hydrogen-bond acceptors (Lipinski definition) is 5. The van der Waals surface area contributed by atoms with E-state index >= 15 is 0 Å². The predicted octanol–water partition coefficient (Wildman–Crippen LogP) is 1.64. The minimum Gasteiger partial charge on any atom is -0.482 e. The van der Waals surface area contributed by atoms with E-state index in [1.165, 1.54) is 6.20 Å². The first-order valence-corrected chi connectivity index (χ1v) is 6.30. The molecule has 0 atom stereocenters. The molecule has 6 nitrogen and oxygen atoms in total. The molecule has 102 valence electrons. The van der Waals surface area contributed by atoms with E-state index in [1.807, 2.05) is 0 Å². The Bertz CT molecular complexity index is 660. The molecule has 7 heteroatoms. The van der Waals surface area contributed by atoms with Crippen LogP contribution in [0.25, 0.3) is 0 Å². The highest BCUT2D eigenvalue weighted by molar-refractivity contribution is 6.31. The average Bonchev–Trinajstić information content (AvgIpc) is 2.44. The van der Waals surface area contributed by atoms with Crippen molar-refractivity contribution in [1.29, 1.82) is 0 Å². The van der Waals surface area contributed by atoms with Crippen LogP contribution >= 0.6 is 11.6 Å². The number of nitrogens with zero attached hydrogens (tertiary/aromatic N) is 3. The van der Waals surface area contributed by atoms with E-state index in [9.17, 15) is 4.79 Å². The summed E-state index contributed by atoms with van der Waals surface area (Å²) in [6.45, 7) is 0.292. The highest BCUT2D eigenvalue weighted by Gasteiger charge is 2.26. The van der Waals surface area contributed by atoms with Crippen molar-refractivity contribution in [1.82, 2.24) is 9.97 Å². The molecule has 0 saturated carbocycles. The lowest BCUT2D eigenvalue weighted by Gasteiger charge is -2.29. The highest BCUT2D eigenvalue weighted by Crippen LogP contribution is 2.35. The molecule has 0 fully saturated rings. The standard InChI is InChI=1S/C13H11ClN4O2/c14-8-1-2-11-10(3-8)18(13(19)7-20-11)6-9-4-17-12(15)5-16-9/h1-5H,6-7H2,(H2,15,17). The van der Waals surface area contributed by atoms with Gasteiger partial charge in [0.25, 0.3) is 5.91 Å². The lowest BCUT2D eigenvalue weighted by Crippen LogP contribution is -2.38. The molecule has 2 N–H and O–H groups in total. The number of hydrogen-bond donors (Lipinski definition) is 1. The number of carbonyl (C=O) groups is 1. The van der Waals surface area contributed by atoms with Crippen LogP contribution in [-0.4, -0.2) is 22.5 Å². The van der Waals surface area contributed by atoms with Crippen LogP contribution in [0.4, 0.5) is 11.5 Å². The maximum atomic E-state index is 12.0. The van der Waals surface area contributed by atoms with Crippen LogP contribution in [0.15, 0.2) is 30.6 Å². The zero-order chi connectivity index (χ0) is 14.1. The quantitative estimate of drug-likeness (QED) is 0.909. The van der Waals surface area contributed by atoms with Crippen LogP contribution < -0.4 is 15.4 Å². The first kappa shape index (κ1) is 12.7. The molecular formula is C13H11ClN4O2. The van der Waals surface area contributed by atoms with Gasteiger partial charge in [0.1, 0.15) is 11.6 Å². The second-order valence-electron chi connectivity index (χ2n) is 4.31. The van der Waals surface area contributed by atoms with Crippen LogP contribution in [0, 0.1) is 0 Å². The number of benzene rings is 1. The molecule has 0 aliphatic carbocycles. The van der Waals surface area contributed by atoms with Gasteiger partial charge in [-0.25, -0.2) is 4.98 Å². The first-order valence-electron chi connectivity index (χ1n) is 5.92. The third-order valence-electron chi connectivity index (χ3n) is 2.91. The third-order valence-corrected chi connectivity index (χ3v) is 3.14. The van der Waals surface area contributed by atoms with Gasteiger partial charge in [-0.3, -0.25) is 14.7 Å². The number of ether oxygens (including phenoxy) is 1. The van der Waals surface area contributed by atoms with Crippen molar-refractivity contribution in [3.63, 3.8) is 0 Å². The summed E-state index contributed by atoms with van der Waals surface area (Å²) in [5.41, 5.74) is 6.76. The van der Waals surface area contributed by atoms with Crippen molar-refractivity contribution in [2.75, 3.05) is 17.2 Å². The fraction of sp³-hybridized carbons (Fsp3) is 0.154. The number of rotatable bonds is 2. The van der Waals surface area contributed by atoms with Crippen LogP contribution in [0.3, 0.4) is 0 Å². The number of aromatic nitrogens is 2. The lowest BCUT2D eigenvalue weighted by atomic mass is 10.2. The molecular weight excluding hydrogens is 280 g/mol. The Kier molecular flexibility index (Phi) is 3.15. The normalized spacial score (nSPS) is 13.8. The fourth-order valence-corrected chi connectivity index (χ4v) is 2.12. The van der Waals surface area contributed by atoms with E-state index < -0.39 is 0 Å². The van der Waals surface area contributed by atoms with Gasteiger partial charge >= 0.3 is 0 Å². The van der Waals surface area contributed by atoms with Crippen LogP contribution in [-0.2, 0) is 11.3 Å². The van der Waals surface area contributed by atoms with Gasteiger partial charge in [-0.2, -0.15) is 0 Å². The summed E-state index contributed by atoms with van der Waals surface area (Å²) in [4.78, 5) is 21.7. The van der Waals surface area contributed by atoms with Gasteiger partial charge in [0.2, 0.25) is 0 Å². The van der Waals surface area contributed by atoms with Gasteiger partial charge in [-0.15, -0.1) is 0 Å². The van der Waals surface area contributed by atoms with Crippen LogP contribution in [0.1, 0.15) is 5.69 Å². The highest BCUT2D eigenvalue weighted by atomic mass is 35.5. The monoisotopic (exact) mass is 290 g/mol. The largest absolute Gasteiger partial charge is 0.482 e. The topological polar surface area (TPSA) is 81.3 Å². The molecule has 0 bridgehead atoms. The summed E-state index contributed by atoms with van der Waals surface area (Å²) in [6, 6.07) is 5.15. The minimum atomic E-state index is -0.154. The van der Waals surface area contributed by atoms with Crippen molar-refractivity contribution in [3.05, 3.63) is 41.3 Å². The molecule has 1 aromatic heterocycles. The van der Waals surface area contributed by atoms with E-state index in [-0.39, 0.29) is 12.5 Å². The molecule has 0 radical (unpaired) electrons. The number of anilines is 2. The number of halogens is 1. The number of carbonyl (C=O) groups excluding carboxylic acids is 1. The zero-order valence-corrected chi connectivity index (χ0v) is 11.2. The van der Waals surface area contributed by atoms with Crippen LogP contribution in [0.2, 0.25) is 5.02 Å². The van der Waals surface area contributed by atoms with Crippen molar-refractivity contribution in [2.45, 2.75) is 6.54 Å². The summed E-state index contributed by atoms with van der Waals surface area (Å²) < 4.78 is 5.37. The van der Waals surface area contributed by atoms with Gasteiger partial charge in [-0.05, 0) is 18.2 Å². The second kappa shape index (κ2) is 4.97. The molecule has 2 heterocycles. The Morgan fingerprint density at radius 2 is 2.20 bits per heavy atom. The van der Waals surface area contributed by atoms with Gasteiger partial charge in [0, 0.05) is 5.02 Å². The van der Waals surface area contributed by atoms with E-state index in [0.717, 1.165) is 0 Å². The SMILES string of the molecule is Nc1cnc(CN2C(=O)COc3ccc(Cl)cc32)cn1. The van der Waals surface area contributed by atoms with Crippen molar-refractivity contribution in [2.24, 2.45) is 0 Å². The third kappa shape index (κ3) is 2.37. The average molecular weight is 291 g/mol. The van der Waals surface area contributed by atoms with Crippen molar-refractivity contribution >= 4 is 29.0 Å². The molecule has 20 heavy (non-hydrogen) atoms. The predicted molar refractivity (Wildman–Crippen MR) is 74.6 cm³/mol. The Morgan fingerprint density at radius 1 is 1.35 bits per heavy atom. The van der Waals surface area contributed by atoms with E-state index in [4.69, 9.17) is 22.1 Å². The molecule has 1 aliphatic rings. The maximum absolute atomic E-state index is 12.0. The molecule has 3 rings (SSSR count). The number of fused-ring (bicyclic) bond motifs is 1. The Labute approximate surface area is 120 Å². The molecule has 0 saturated heterocycles. The molecule has 1 aliphatic heterocycles. The molecule has 1 aromatic carbocycles. The van der Waals surface area contributed by atoms with E-state index in [0.29, 0.717) is 34.5 Å². The summed E-state index contributed by atoms with van der Waals surface area (Å²) in [6.07, 6.45) is 3.00. The number of nitrogen functional groups attached to an aromatic ring is 1. The summed E-state index contributed by atoms with van der Waals surface area (Å²) >= 11 is 5.98. The van der Waals surface area contributed by atoms with Crippen molar-refractivity contribution in [3.8, 4) is 5.75 Å². The minimum absolute atomic E-state index is 0.00294. The van der Waals surface area contributed by atoms with Crippen molar-refractivity contribution < 1.29 is 9.53 Å². The Morgan fingerprint density at radius 3 is 2.95 bits per heavy atom. The lowest BCUT2D eigenvalue weighted by molar-refractivity contribution is -0.121. The van der Waals surface area contributed by atoms with Crippen LogP contribution in [0.5, 0.6) is 5.75 Å². The smallest absolute Gasteiger partial charge is 0.265 e. The summed E-state index contributed by atoms with van der Waals surface area (Å²) in [5, 5.41) is 0.537. The Hall–Kier alpha value is -2.34.